The van der Waals surface area contributed by atoms with Crippen LogP contribution in [-0.4, -0.2) is 40.5 Å². The summed E-state index contributed by atoms with van der Waals surface area (Å²) in [5.74, 6) is 0.713. The van der Waals surface area contributed by atoms with Gasteiger partial charge in [0.15, 0.2) is 5.96 Å². The number of aromatic nitrogens is 2. The van der Waals surface area contributed by atoms with Gasteiger partial charge >= 0.3 is 0 Å². The predicted molar refractivity (Wildman–Crippen MR) is 118 cm³/mol. The number of halogens is 1. The van der Waals surface area contributed by atoms with Gasteiger partial charge < -0.3 is 15.7 Å². The highest BCUT2D eigenvalue weighted by molar-refractivity contribution is 6.30. The molecule has 3 rings (SSSR count). The molecular formula is C22H32ClN5O. The molecule has 0 bridgehead atoms. The van der Waals surface area contributed by atoms with Gasteiger partial charge in [0.25, 0.3) is 0 Å². The van der Waals surface area contributed by atoms with Crippen molar-refractivity contribution in [1.82, 2.24) is 20.4 Å². The standard InChI is InChI=1S/C22H32ClN5O/c1-4-24-20(25-15-21(2,29)18-13-27-28(3)14-18)26-16-22(10-5-6-11-22)17-8-7-9-19(23)12-17/h7-9,12-14,29H,4-6,10-11,15-16H2,1-3H3,(H2,24,25,26). The molecule has 1 saturated carbocycles. The van der Waals surface area contributed by atoms with Crippen molar-refractivity contribution in [1.29, 1.82) is 0 Å². The Labute approximate surface area is 178 Å². The second kappa shape index (κ2) is 9.18. The van der Waals surface area contributed by atoms with E-state index in [2.05, 4.69) is 32.9 Å². The van der Waals surface area contributed by atoms with Crippen molar-refractivity contribution in [3.63, 3.8) is 0 Å². The van der Waals surface area contributed by atoms with Gasteiger partial charge in [-0.15, -0.1) is 0 Å². The molecule has 2 aromatic rings. The van der Waals surface area contributed by atoms with Gasteiger partial charge in [0.05, 0.1) is 12.7 Å². The number of aryl methyl sites for hydroxylation is 1. The lowest BCUT2D eigenvalue weighted by atomic mass is 9.79. The predicted octanol–water partition coefficient (Wildman–Crippen LogP) is 3.35. The largest absolute Gasteiger partial charge is 0.383 e. The molecule has 1 unspecified atom stereocenters. The Bertz CT molecular complexity index is 839. The monoisotopic (exact) mass is 417 g/mol. The number of benzene rings is 1. The fourth-order valence-electron chi connectivity index (χ4n) is 4.06. The molecule has 1 fully saturated rings. The number of nitrogens with one attached hydrogen (secondary N) is 2. The van der Waals surface area contributed by atoms with Gasteiger partial charge in [-0.2, -0.15) is 5.10 Å². The van der Waals surface area contributed by atoms with E-state index in [1.54, 1.807) is 17.8 Å². The number of guanidine groups is 1. The third-order valence-electron chi connectivity index (χ3n) is 5.81. The molecule has 0 spiro atoms. The molecule has 1 aliphatic rings. The van der Waals surface area contributed by atoms with Crippen molar-refractivity contribution in [2.24, 2.45) is 12.0 Å². The maximum Gasteiger partial charge on any atom is 0.191 e. The summed E-state index contributed by atoms with van der Waals surface area (Å²) in [6.45, 7) is 5.59. The fourth-order valence-corrected chi connectivity index (χ4v) is 4.25. The first kappa shape index (κ1) is 21.7. The summed E-state index contributed by atoms with van der Waals surface area (Å²) in [5.41, 5.74) is 1.03. The van der Waals surface area contributed by atoms with Crippen LogP contribution in [0.4, 0.5) is 0 Å². The van der Waals surface area contributed by atoms with Crippen molar-refractivity contribution >= 4 is 17.6 Å². The third-order valence-corrected chi connectivity index (χ3v) is 6.04. The molecule has 0 amide bonds. The van der Waals surface area contributed by atoms with Gasteiger partial charge in [-0.1, -0.05) is 36.6 Å². The molecule has 6 nitrogen and oxygen atoms in total. The van der Waals surface area contributed by atoms with Crippen LogP contribution in [0.1, 0.15) is 50.7 Å². The normalized spacial score (nSPS) is 18.4. The number of hydrogen-bond acceptors (Lipinski definition) is 3. The fraction of sp³-hybridized carbons (Fsp3) is 0.545. The van der Waals surface area contributed by atoms with E-state index in [-0.39, 0.29) is 12.0 Å². The van der Waals surface area contributed by atoms with E-state index in [1.165, 1.54) is 18.4 Å². The second-order valence-corrected chi connectivity index (χ2v) is 8.66. The maximum atomic E-state index is 10.8. The first-order valence-electron chi connectivity index (χ1n) is 10.3. The molecule has 1 aromatic heterocycles. The topological polar surface area (TPSA) is 74.5 Å². The summed E-state index contributed by atoms with van der Waals surface area (Å²) in [6.07, 6.45) is 8.21. The first-order valence-corrected chi connectivity index (χ1v) is 10.7. The smallest absolute Gasteiger partial charge is 0.191 e. The molecule has 7 heteroatoms. The number of aliphatic hydroxyl groups is 1. The van der Waals surface area contributed by atoms with Crippen LogP contribution >= 0.6 is 11.6 Å². The minimum absolute atomic E-state index is 0.0625. The molecule has 1 aromatic carbocycles. The van der Waals surface area contributed by atoms with E-state index in [0.29, 0.717) is 5.96 Å². The van der Waals surface area contributed by atoms with Crippen LogP contribution < -0.4 is 10.6 Å². The third kappa shape index (κ3) is 5.31. The summed E-state index contributed by atoms with van der Waals surface area (Å²) in [4.78, 5) is 4.66. The number of hydrogen-bond donors (Lipinski definition) is 3. The number of nitrogens with zero attached hydrogens (tertiary/aromatic N) is 3. The Kier molecular flexibility index (Phi) is 6.85. The van der Waals surface area contributed by atoms with Crippen LogP contribution in [0, 0.1) is 0 Å². The van der Waals surface area contributed by atoms with Crippen molar-refractivity contribution in [2.45, 2.75) is 50.5 Å². The second-order valence-electron chi connectivity index (χ2n) is 8.22. The molecular weight excluding hydrogens is 386 g/mol. The van der Waals surface area contributed by atoms with E-state index in [0.717, 1.165) is 36.5 Å². The zero-order chi connectivity index (χ0) is 20.9. The van der Waals surface area contributed by atoms with Crippen molar-refractivity contribution < 1.29 is 5.11 Å². The highest BCUT2D eigenvalue weighted by Crippen LogP contribution is 2.41. The van der Waals surface area contributed by atoms with E-state index in [1.807, 2.05) is 32.3 Å². The van der Waals surface area contributed by atoms with Crippen LogP contribution in [0.25, 0.3) is 0 Å². The molecule has 0 aliphatic heterocycles. The zero-order valence-electron chi connectivity index (χ0n) is 17.6. The van der Waals surface area contributed by atoms with Crippen LogP contribution in [0.2, 0.25) is 5.02 Å². The van der Waals surface area contributed by atoms with E-state index in [9.17, 15) is 5.11 Å². The Morgan fingerprint density at radius 3 is 2.72 bits per heavy atom. The van der Waals surface area contributed by atoms with E-state index < -0.39 is 5.60 Å². The minimum atomic E-state index is -1.07. The molecule has 1 heterocycles. The number of aliphatic imine (C=N–C) groups is 1. The summed E-state index contributed by atoms with van der Waals surface area (Å²) in [6, 6.07) is 8.22. The van der Waals surface area contributed by atoms with Crippen molar-refractivity contribution in [3.05, 3.63) is 52.8 Å². The molecule has 3 N–H and O–H groups in total. The highest BCUT2D eigenvalue weighted by atomic mass is 35.5. The van der Waals surface area contributed by atoms with Crippen LogP contribution in [0.5, 0.6) is 0 Å². The highest BCUT2D eigenvalue weighted by Gasteiger charge is 2.36. The van der Waals surface area contributed by atoms with Crippen LogP contribution in [0.3, 0.4) is 0 Å². The lowest BCUT2D eigenvalue weighted by Crippen LogP contribution is -2.45. The Hall–Kier alpha value is -2.05. The van der Waals surface area contributed by atoms with Gasteiger partial charge in [0.2, 0.25) is 0 Å². The maximum absolute atomic E-state index is 10.8. The Balaban J connectivity index is 1.73. The summed E-state index contributed by atoms with van der Waals surface area (Å²) >= 11 is 6.27. The van der Waals surface area contributed by atoms with E-state index in [4.69, 9.17) is 11.6 Å². The van der Waals surface area contributed by atoms with E-state index >= 15 is 0 Å². The minimum Gasteiger partial charge on any atom is -0.383 e. The molecule has 0 saturated heterocycles. The summed E-state index contributed by atoms with van der Waals surface area (Å²) in [7, 11) is 1.84. The average Bonchev–Trinajstić information content (AvgIpc) is 3.34. The molecule has 158 valence electrons. The van der Waals surface area contributed by atoms with Gasteiger partial charge in [0, 0.05) is 42.3 Å². The van der Waals surface area contributed by atoms with Crippen LogP contribution in [-0.2, 0) is 18.1 Å². The molecule has 1 atom stereocenters. The SMILES string of the molecule is CCNC(=NCC(C)(O)c1cnn(C)c1)NCC1(c2cccc(Cl)c2)CCCC1. The lowest BCUT2D eigenvalue weighted by molar-refractivity contribution is 0.0671. The Morgan fingerprint density at radius 2 is 2.10 bits per heavy atom. The van der Waals surface area contributed by atoms with Crippen LogP contribution in [0.15, 0.2) is 41.7 Å². The van der Waals surface area contributed by atoms with Gasteiger partial charge in [0.1, 0.15) is 5.60 Å². The quantitative estimate of drug-likeness (QED) is 0.477. The average molecular weight is 418 g/mol. The lowest BCUT2D eigenvalue weighted by Gasteiger charge is -2.31. The van der Waals surface area contributed by atoms with Crippen molar-refractivity contribution in [3.8, 4) is 0 Å². The van der Waals surface area contributed by atoms with Gasteiger partial charge in [-0.25, -0.2) is 4.99 Å². The van der Waals surface area contributed by atoms with Gasteiger partial charge in [-0.3, -0.25) is 4.68 Å². The van der Waals surface area contributed by atoms with Gasteiger partial charge in [-0.05, 0) is 44.4 Å². The molecule has 29 heavy (non-hydrogen) atoms. The van der Waals surface area contributed by atoms with Crippen molar-refractivity contribution in [2.75, 3.05) is 19.6 Å². The summed E-state index contributed by atoms with van der Waals surface area (Å²) < 4.78 is 1.69. The summed E-state index contributed by atoms with van der Waals surface area (Å²) in [5, 5.41) is 22.6. The zero-order valence-corrected chi connectivity index (χ0v) is 18.3. The first-order chi connectivity index (χ1) is 13.8. The molecule has 1 aliphatic carbocycles. The molecule has 0 radical (unpaired) electrons. The number of rotatable bonds is 7. The Morgan fingerprint density at radius 1 is 1.34 bits per heavy atom.